The number of benzene rings is 1. The molecule has 2 rings (SSSR count). The van der Waals surface area contributed by atoms with Crippen molar-refractivity contribution in [2.45, 2.75) is 17.1 Å². The Kier molecular flexibility index (Phi) is 5.68. The molecule has 0 bridgehead atoms. The number of amides is 1. The minimum atomic E-state index is -0.118. The van der Waals surface area contributed by atoms with Crippen molar-refractivity contribution in [2.24, 2.45) is 5.92 Å². The summed E-state index contributed by atoms with van der Waals surface area (Å²) in [5.41, 5.74) is 0. The first-order valence-corrected chi connectivity index (χ1v) is 7.81. The Hall–Kier alpha value is -1.26. The van der Waals surface area contributed by atoms with Crippen LogP contribution in [0.15, 0.2) is 47.9 Å². The predicted octanol–water partition coefficient (Wildman–Crippen LogP) is 2.83. The predicted molar refractivity (Wildman–Crippen MR) is 82.8 cm³/mol. The van der Waals surface area contributed by atoms with Crippen LogP contribution in [0.1, 0.15) is 6.92 Å². The molecule has 0 radical (unpaired) electrons. The lowest BCUT2D eigenvalue weighted by molar-refractivity contribution is -0.135. The van der Waals surface area contributed by atoms with Crippen molar-refractivity contribution in [3.63, 3.8) is 0 Å². The van der Waals surface area contributed by atoms with E-state index in [1.165, 1.54) is 0 Å². The summed E-state index contributed by atoms with van der Waals surface area (Å²) in [6, 6.07) is 10.1. The van der Waals surface area contributed by atoms with E-state index in [1.54, 1.807) is 11.8 Å². The molecule has 0 saturated carbocycles. The van der Waals surface area contributed by atoms with E-state index in [0.29, 0.717) is 26.3 Å². The lowest BCUT2D eigenvalue weighted by atomic mass is 10.1. The molecule has 1 amide bonds. The van der Waals surface area contributed by atoms with Crippen LogP contribution in [-0.2, 0) is 9.53 Å². The summed E-state index contributed by atoms with van der Waals surface area (Å²) in [5, 5.41) is -0.118. The molecule has 0 spiro atoms. The fourth-order valence-corrected chi connectivity index (χ4v) is 3.30. The first kappa shape index (κ1) is 15.1. The van der Waals surface area contributed by atoms with E-state index in [4.69, 9.17) is 4.74 Å². The minimum absolute atomic E-state index is 0.118. The highest BCUT2D eigenvalue weighted by Crippen LogP contribution is 2.30. The Bertz CT molecular complexity index is 443. The molecule has 0 aromatic heterocycles. The van der Waals surface area contributed by atoms with Gasteiger partial charge in [-0.25, -0.2) is 0 Å². The van der Waals surface area contributed by atoms with E-state index < -0.39 is 0 Å². The summed E-state index contributed by atoms with van der Waals surface area (Å²) in [7, 11) is 0. The highest BCUT2D eigenvalue weighted by Gasteiger charge is 2.29. The summed E-state index contributed by atoms with van der Waals surface area (Å²) in [5.74, 6) is 0.324. The fourth-order valence-electron chi connectivity index (χ4n) is 2.12. The summed E-state index contributed by atoms with van der Waals surface area (Å²) >= 11 is 1.62. The number of ether oxygens (including phenoxy) is 1. The van der Waals surface area contributed by atoms with Gasteiger partial charge in [-0.05, 0) is 18.1 Å². The quantitative estimate of drug-likeness (QED) is 0.617. The number of carbonyl (C=O) groups is 1. The van der Waals surface area contributed by atoms with Gasteiger partial charge in [0.2, 0.25) is 5.91 Å². The number of morpholine rings is 1. The van der Waals surface area contributed by atoms with Crippen molar-refractivity contribution in [3.05, 3.63) is 43.0 Å². The maximum absolute atomic E-state index is 12.7. The van der Waals surface area contributed by atoms with Crippen LogP contribution in [0.25, 0.3) is 0 Å². The maximum Gasteiger partial charge on any atom is 0.236 e. The molecule has 0 aliphatic carbocycles. The molecular formula is C16H21NO2S. The largest absolute Gasteiger partial charge is 0.378 e. The zero-order chi connectivity index (χ0) is 14.4. The molecule has 20 heavy (non-hydrogen) atoms. The Labute approximate surface area is 125 Å². The van der Waals surface area contributed by atoms with Crippen LogP contribution in [0.2, 0.25) is 0 Å². The lowest BCUT2D eigenvalue weighted by Crippen LogP contribution is -2.46. The molecule has 3 nitrogen and oxygen atoms in total. The molecule has 0 N–H and O–H groups in total. The zero-order valence-corrected chi connectivity index (χ0v) is 12.6. The molecule has 1 fully saturated rings. The van der Waals surface area contributed by atoms with Crippen molar-refractivity contribution >= 4 is 17.7 Å². The summed E-state index contributed by atoms with van der Waals surface area (Å²) in [4.78, 5) is 15.7. The van der Waals surface area contributed by atoms with E-state index in [1.807, 2.05) is 48.2 Å². The van der Waals surface area contributed by atoms with E-state index >= 15 is 0 Å². The molecule has 1 aliphatic heterocycles. The maximum atomic E-state index is 12.7. The molecule has 1 aliphatic rings. The first-order valence-electron chi connectivity index (χ1n) is 6.93. The van der Waals surface area contributed by atoms with E-state index in [9.17, 15) is 4.79 Å². The normalized spacial score (nSPS) is 18.4. The van der Waals surface area contributed by atoms with Crippen LogP contribution in [0.3, 0.4) is 0 Å². The summed E-state index contributed by atoms with van der Waals surface area (Å²) in [6.45, 7) is 8.54. The summed E-state index contributed by atoms with van der Waals surface area (Å²) < 4.78 is 5.31. The second-order valence-corrected chi connectivity index (χ2v) is 6.10. The second kappa shape index (κ2) is 7.50. The Morgan fingerprint density at radius 2 is 2.00 bits per heavy atom. The molecule has 1 aromatic rings. The standard InChI is InChI=1S/C16H21NO2S/c1-3-13(2)15(20-14-7-5-4-6-8-14)16(18)17-9-11-19-12-10-17/h3-8,13,15H,1,9-12H2,2H3/t13-,15-/m0/s1. The van der Waals surface area contributed by atoms with E-state index in [2.05, 4.69) is 6.58 Å². The SMILES string of the molecule is C=C[C@H](C)[C@H](Sc1ccccc1)C(=O)N1CCOCC1. The van der Waals surface area contributed by atoms with Crippen molar-refractivity contribution in [1.29, 1.82) is 0 Å². The van der Waals surface area contributed by atoms with Gasteiger partial charge in [-0.1, -0.05) is 31.2 Å². The van der Waals surface area contributed by atoms with Gasteiger partial charge in [0.1, 0.15) is 0 Å². The van der Waals surface area contributed by atoms with Crippen molar-refractivity contribution < 1.29 is 9.53 Å². The number of allylic oxidation sites excluding steroid dienone is 1. The minimum Gasteiger partial charge on any atom is -0.378 e. The van der Waals surface area contributed by atoms with Gasteiger partial charge in [0.15, 0.2) is 0 Å². The smallest absolute Gasteiger partial charge is 0.236 e. The van der Waals surface area contributed by atoms with Gasteiger partial charge in [-0.2, -0.15) is 0 Å². The highest BCUT2D eigenvalue weighted by atomic mass is 32.2. The molecule has 1 heterocycles. The average Bonchev–Trinajstić information content (AvgIpc) is 2.53. The monoisotopic (exact) mass is 291 g/mol. The van der Waals surface area contributed by atoms with Gasteiger partial charge in [0.05, 0.1) is 18.5 Å². The third-order valence-electron chi connectivity index (χ3n) is 3.42. The molecule has 1 aromatic carbocycles. The van der Waals surface area contributed by atoms with Crippen molar-refractivity contribution in [3.8, 4) is 0 Å². The van der Waals surface area contributed by atoms with Crippen LogP contribution < -0.4 is 0 Å². The van der Waals surface area contributed by atoms with Gasteiger partial charge < -0.3 is 9.64 Å². The zero-order valence-electron chi connectivity index (χ0n) is 11.8. The van der Waals surface area contributed by atoms with Gasteiger partial charge in [0, 0.05) is 18.0 Å². The summed E-state index contributed by atoms with van der Waals surface area (Å²) in [6.07, 6.45) is 1.86. The van der Waals surface area contributed by atoms with Gasteiger partial charge in [0.25, 0.3) is 0 Å². The third kappa shape index (κ3) is 3.87. The number of nitrogens with zero attached hydrogens (tertiary/aromatic N) is 1. The van der Waals surface area contributed by atoms with Crippen LogP contribution in [0, 0.1) is 5.92 Å². The first-order chi connectivity index (χ1) is 9.72. The van der Waals surface area contributed by atoms with Crippen LogP contribution >= 0.6 is 11.8 Å². The van der Waals surface area contributed by atoms with Gasteiger partial charge in [-0.15, -0.1) is 18.3 Å². The van der Waals surface area contributed by atoms with Gasteiger partial charge >= 0.3 is 0 Å². The molecular weight excluding hydrogens is 270 g/mol. The second-order valence-electron chi connectivity index (χ2n) is 4.88. The Morgan fingerprint density at radius 1 is 1.35 bits per heavy atom. The Morgan fingerprint density at radius 3 is 2.60 bits per heavy atom. The van der Waals surface area contributed by atoms with E-state index in [0.717, 1.165) is 4.90 Å². The van der Waals surface area contributed by atoms with Crippen LogP contribution in [0.5, 0.6) is 0 Å². The van der Waals surface area contributed by atoms with Crippen LogP contribution in [-0.4, -0.2) is 42.4 Å². The molecule has 0 unspecified atom stereocenters. The fraction of sp³-hybridized carbons (Fsp3) is 0.438. The number of carbonyl (C=O) groups excluding carboxylic acids is 1. The topological polar surface area (TPSA) is 29.5 Å². The molecule has 4 heteroatoms. The lowest BCUT2D eigenvalue weighted by Gasteiger charge is -2.31. The molecule has 108 valence electrons. The van der Waals surface area contributed by atoms with Crippen LogP contribution in [0.4, 0.5) is 0 Å². The molecule has 2 atom stereocenters. The number of hydrogen-bond acceptors (Lipinski definition) is 3. The Balaban J connectivity index is 2.10. The average molecular weight is 291 g/mol. The van der Waals surface area contributed by atoms with E-state index in [-0.39, 0.29) is 17.1 Å². The van der Waals surface area contributed by atoms with Gasteiger partial charge in [-0.3, -0.25) is 4.79 Å². The highest BCUT2D eigenvalue weighted by molar-refractivity contribution is 8.00. The number of rotatable bonds is 5. The number of hydrogen-bond donors (Lipinski definition) is 0. The third-order valence-corrected chi connectivity index (χ3v) is 4.85. The van der Waals surface area contributed by atoms with Crippen molar-refractivity contribution in [1.82, 2.24) is 4.90 Å². The molecule has 1 saturated heterocycles. The number of thioether (sulfide) groups is 1. The van der Waals surface area contributed by atoms with Crippen molar-refractivity contribution in [2.75, 3.05) is 26.3 Å².